The average molecular weight is 406 g/mol. The summed E-state index contributed by atoms with van der Waals surface area (Å²) in [6.07, 6.45) is -16.6. The molecule has 2 aliphatic rings. The van der Waals surface area contributed by atoms with E-state index in [-0.39, 0.29) is 0 Å². The monoisotopic (exact) mass is 406 g/mol. The van der Waals surface area contributed by atoms with Gasteiger partial charge in [0.2, 0.25) is 0 Å². The van der Waals surface area contributed by atoms with Gasteiger partial charge in [-0.3, -0.25) is 0 Å². The van der Waals surface area contributed by atoms with Gasteiger partial charge in [-0.1, -0.05) is 0 Å². The van der Waals surface area contributed by atoms with Gasteiger partial charge in [-0.25, -0.2) is 4.21 Å². The fourth-order valence-electron chi connectivity index (χ4n) is 2.76. The van der Waals surface area contributed by atoms with Gasteiger partial charge in [0.1, 0.15) is 59.6 Å². The molecule has 2 aliphatic heterocycles. The molecule has 14 heteroatoms. The Hall–Kier alpha value is -0.330. The second-order valence-electron chi connectivity index (χ2n) is 6.06. The lowest BCUT2D eigenvalue weighted by Crippen LogP contribution is -2.74. The van der Waals surface area contributed by atoms with E-state index in [2.05, 4.69) is 0 Å². The van der Waals surface area contributed by atoms with Crippen LogP contribution in [0.15, 0.2) is 0 Å². The van der Waals surface area contributed by atoms with E-state index in [0.717, 1.165) is 0 Å². The molecule has 1 unspecified atom stereocenters. The zero-order chi connectivity index (χ0) is 20.0. The summed E-state index contributed by atoms with van der Waals surface area (Å²) in [6.45, 7) is -1.99. The highest BCUT2D eigenvalue weighted by atomic mass is 32.2. The maximum absolute atomic E-state index is 12.7. The Morgan fingerprint density at radius 2 is 1.00 bits per heavy atom. The number of hydrogen-bond donors (Lipinski definition) is 10. The Labute approximate surface area is 148 Å². The molecule has 11 atom stereocenters. The third-order valence-electron chi connectivity index (χ3n) is 4.39. The molecule has 0 aromatic carbocycles. The molecule has 0 aromatic rings. The Kier molecular flexibility index (Phi) is 6.41. The van der Waals surface area contributed by atoms with E-state index in [1.165, 1.54) is 0 Å². The maximum Gasteiger partial charge on any atom is 0.280 e. The minimum absolute atomic E-state index is 0.993. The van der Waals surface area contributed by atoms with E-state index < -0.39 is 83.1 Å². The number of aliphatic hydroxyl groups excluding tert-OH is 8. The molecule has 0 saturated carbocycles. The molecule has 2 heterocycles. The van der Waals surface area contributed by atoms with E-state index in [9.17, 15) is 45.1 Å². The van der Waals surface area contributed by atoms with Crippen molar-refractivity contribution in [3.8, 4) is 0 Å². The summed E-state index contributed by atoms with van der Waals surface area (Å²) in [5.74, 6) is 0. The third-order valence-corrected chi connectivity index (χ3v) is 6.13. The Balaban J connectivity index is 2.41. The van der Waals surface area contributed by atoms with Crippen LogP contribution in [0, 0.1) is 0 Å². The van der Waals surface area contributed by atoms with E-state index in [0.29, 0.717) is 0 Å². The largest absolute Gasteiger partial charge is 0.394 e. The highest BCUT2D eigenvalue weighted by Gasteiger charge is 2.66. The maximum atomic E-state index is 12.7. The summed E-state index contributed by atoms with van der Waals surface area (Å²) in [7, 11) is -3.40. The Bertz CT molecular complexity index is 487. The van der Waals surface area contributed by atoms with Gasteiger partial charge in [-0.05, 0) is 0 Å². The predicted molar refractivity (Wildman–Crippen MR) is 78.0 cm³/mol. The van der Waals surface area contributed by atoms with Crippen molar-refractivity contribution in [3.05, 3.63) is 0 Å². The quantitative estimate of drug-likeness (QED) is 0.209. The van der Waals surface area contributed by atoms with E-state index >= 15 is 0 Å². The lowest BCUT2D eigenvalue weighted by atomic mass is 9.99. The van der Waals surface area contributed by atoms with Crippen molar-refractivity contribution in [1.29, 1.82) is 0 Å². The Morgan fingerprint density at radius 3 is 1.27 bits per heavy atom. The molecule has 0 bridgehead atoms. The zero-order valence-corrected chi connectivity index (χ0v) is 14.0. The van der Waals surface area contributed by atoms with Crippen molar-refractivity contribution in [3.63, 3.8) is 0 Å². The van der Waals surface area contributed by atoms with Gasteiger partial charge in [0.25, 0.3) is 10.2 Å². The van der Waals surface area contributed by atoms with Gasteiger partial charge < -0.3 is 60.5 Å². The SMILES string of the molecule is O=S([C@@]1(O)O[C@@H](CO)[C@@H](O)[C@@H](O)[C@@H]1O)[C@]1(O)O[C@H](CO)[C@H](O)[C@H](O)[C@H]1O. The second-order valence-corrected chi connectivity index (χ2v) is 7.77. The van der Waals surface area contributed by atoms with Crippen LogP contribution in [0.5, 0.6) is 0 Å². The van der Waals surface area contributed by atoms with Crippen LogP contribution in [0.25, 0.3) is 0 Å². The first-order chi connectivity index (χ1) is 12.0. The molecule has 0 aliphatic carbocycles. The van der Waals surface area contributed by atoms with Crippen LogP contribution in [0.3, 0.4) is 0 Å². The minimum Gasteiger partial charge on any atom is -0.394 e. The van der Waals surface area contributed by atoms with Crippen LogP contribution in [0.2, 0.25) is 0 Å². The fraction of sp³-hybridized carbons (Fsp3) is 1.00. The molecule has 0 spiro atoms. The highest BCUT2D eigenvalue weighted by molar-refractivity contribution is 7.87. The molecular weight excluding hydrogens is 384 g/mol. The van der Waals surface area contributed by atoms with Crippen molar-refractivity contribution in [2.75, 3.05) is 13.2 Å². The molecule has 2 rings (SSSR count). The molecular formula is C12H22O13S. The van der Waals surface area contributed by atoms with E-state index in [4.69, 9.17) is 19.7 Å². The molecule has 0 amide bonds. The van der Waals surface area contributed by atoms with Crippen molar-refractivity contribution in [1.82, 2.24) is 0 Å². The highest BCUT2D eigenvalue weighted by Crippen LogP contribution is 2.40. The number of ether oxygens (including phenoxy) is 2. The van der Waals surface area contributed by atoms with Crippen LogP contribution in [-0.4, -0.2) is 128 Å². The van der Waals surface area contributed by atoms with Crippen LogP contribution in [-0.2, 0) is 20.3 Å². The second kappa shape index (κ2) is 7.59. The lowest BCUT2D eigenvalue weighted by molar-refractivity contribution is -0.328. The summed E-state index contributed by atoms with van der Waals surface area (Å²) in [5.41, 5.74) is 0. The number of rotatable bonds is 4. The van der Waals surface area contributed by atoms with Crippen LogP contribution < -0.4 is 0 Å². The molecule has 26 heavy (non-hydrogen) atoms. The van der Waals surface area contributed by atoms with Crippen LogP contribution in [0.1, 0.15) is 0 Å². The van der Waals surface area contributed by atoms with Crippen LogP contribution >= 0.6 is 0 Å². The molecule has 154 valence electrons. The average Bonchev–Trinajstić information content (AvgIpc) is 2.63. The molecule has 10 N–H and O–H groups in total. The van der Waals surface area contributed by atoms with Gasteiger partial charge >= 0.3 is 0 Å². The Morgan fingerprint density at radius 1 is 0.692 bits per heavy atom. The van der Waals surface area contributed by atoms with Crippen molar-refractivity contribution < 1.29 is 64.7 Å². The summed E-state index contributed by atoms with van der Waals surface area (Å²) in [5, 5.41) is 91.1. The summed E-state index contributed by atoms with van der Waals surface area (Å²) >= 11 is 0. The molecule has 2 saturated heterocycles. The van der Waals surface area contributed by atoms with Crippen LogP contribution in [0.4, 0.5) is 0 Å². The third kappa shape index (κ3) is 3.20. The normalized spacial score (nSPS) is 54.1. The fourth-order valence-corrected chi connectivity index (χ4v) is 4.32. The first-order valence-corrected chi connectivity index (χ1v) is 8.63. The smallest absolute Gasteiger partial charge is 0.280 e. The van der Waals surface area contributed by atoms with Gasteiger partial charge in [-0.2, -0.15) is 0 Å². The predicted octanol–water partition coefficient (Wildman–Crippen LogP) is -7.03. The van der Waals surface area contributed by atoms with Gasteiger partial charge in [-0.15, -0.1) is 0 Å². The number of aliphatic hydroxyl groups is 10. The summed E-state index contributed by atoms with van der Waals surface area (Å²) < 4.78 is 22.3. The first kappa shape index (κ1) is 22.0. The van der Waals surface area contributed by atoms with E-state index in [1.807, 2.05) is 0 Å². The van der Waals surface area contributed by atoms with Gasteiger partial charge in [0.05, 0.1) is 13.2 Å². The van der Waals surface area contributed by atoms with Crippen molar-refractivity contribution >= 4 is 10.8 Å². The lowest BCUT2D eigenvalue weighted by Gasteiger charge is -2.50. The first-order valence-electron chi connectivity index (χ1n) is 7.48. The van der Waals surface area contributed by atoms with E-state index in [1.54, 1.807) is 0 Å². The standard InChI is InChI=1S/C12H22O13S/c13-1-3-5(15)7(17)9(19)11(21,24-3)26(23)12(22)10(20)8(18)6(16)4(2-14)25-12/h3-10,13-22H,1-2H2/t3-,4+,5+,6-,7+,8-,9-,10+,11-,12+,26?. The summed E-state index contributed by atoms with van der Waals surface area (Å²) in [6, 6.07) is 0. The minimum atomic E-state index is -3.40. The van der Waals surface area contributed by atoms with Gasteiger partial charge in [0, 0.05) is 0 Å². The molecule has 0 aromatic heterocycles. The zero-order valence-electron chi connectivity index (χ0n) is 13.1. The topological polar surface area (TPSA) is 238 Å². The molecule has 0 radical (unpaired) electrons. The molecule has 13 nitrogen and oxygen atoms in total. The molecule has 2 fully saturated rings. The van der Waals surface area contributed by atoms with Crippen molar-refractivity contribution in [2.45, 2.75) is 59.1 Å². The van der Waals surface area contributed by atoms with Crippen molar-refractivity contribution in [2.24, 2.45) is 0 Å². The number of hydrogen-bond acceptors (Lipinski definition) is 13. The van der Waals surface area contributed by atoms with Gasteiger partial charge in [0.15, 0.2) is 0 Å². The summed E-state index contributed by atoms with van der Waals surface area (Å²) in [4.78, 5) is 0.